The van der Waals surface area contributed by atoms with Crippen LogP contribution in [0, 0.1) is 10.1 Å². The van der Waals surface area contributed by atoms with Crippen molar-refractivity contribution in [3.8, 4) is 5.69 Å². The number of fused-ring (bicyclic) bond motifs is 3. The summed E-state index contributed by atoms with van der Waals surface area (Å²) in [5.74, 6) is 0.565. The van der Waals surface area contributed by atoms with Crippen LogP contribution in [0.15, 0.2) is 64.5 Å². The SMILES string of the molecule is O=c1c2sc3c(c2nc(SCc2ccc([N+](=O)[O-])cc2)n1-c1ccccc1)CCCC3. The Labute approximate surface area is 186 Å². The molecule has 2 aromatic heterocycles. The van der Waals surface area contributed by atoms with Crippen molar-refractivity contribution in [2.24, 2.45) is 0 Å². The molecule has 1 aliphatic carbocycles. The van der Waals surface area contributed by atoms with Gasteiger partial charge < -0.3 is 0 Å². The molecule has 0 spiro atoms. The van der Waals surface area contributed by atoms with Gasteiger partial charge in [-0.3, -0.25) is 19.5 Å². The van der Waals surface area contributed by atoms with E-state index in [-0.39, 0.29) is 11.2 Å². The minimum absolute atomic E-state index is 0.0261. The largest absolute Gasteiger partial charge is 0.276 e. The van der Waals surface area contributed by atoms with E-state index < -0.39 is 4.92 Å². The third-order valence-electron chi connectivity index (χ3n) is 5.47. The van der Waals surface area contributed by atoms with Crippen molar-refractivity contribution in [3.63, 3.8) is 0 Å². The number of para-hydroxylation sites is 1. The van der Waals surface area contributed by atoms with Gasteiger partial charge in [-0.2, -0.15) is 0 Å². The predicted molar refractivity (Wildman–Crippen MR) is 125 cm³/mol. The number of nitro groups is 1. The lowest BCUT2D eigenvalue weighted by Crippen LogP contribution is -2.21. The number of aryl methyl sites for hydroxylation is 2. The van der Waals surface area contributed by atoms with E-state index >= 15 is 0 Å². The van der Waals surface area contributed by atoms with Gasteiger partial charge in [0.15, 0.2) is 5.16 Å². The third-order valence-corrected chi connectivity index (χ3v) is 7.75. The smallest absolute Gasteiger partial charge is 0.267 e. The highest BCUT2D eigenvalue weighted by Crippen LogP contribution is 2.35. The van der Waals surface area contributed by atoms with Gasteiger partial charge in [-0.15, -0.1) is 11.3 Å². The third kappa shape index (κ3) is 3.77. The van der Waals surface area contributed by atoms with Crippen LogP contribution in [0.1, 0.15) is 28.8 Å². The molecular weight excluding hydrogens is 430 g/mol. The van der Waals surface area contributed by atoms with Crippen molar-refractivity contribution in [3.05, 3.63) is 91.1 Å². The van der Waals surface area contributed by atoms with E-state index in [1.165, 1.54) is 34.3 Å². The topological polar surface area (TPSA) is 78.0 Å². The van der Waals surface area contributed by atoms with E-state index in [1.807, 2.05) is 30.3 Å². The zero-order chi connectivity index (χ0) is 21.4. The number of thiophene rings is 1. The molecule has 0 bridgehead atoms. The van der Waals surface area contributed by atoms with Crippen LogP contribution in [0.2, 0.25) is 0 Å². The van der Waals surface area contributed by atoms with Crippen LogP contribution in [-0.2, 0) is 18.6 Å². The van der Waals surface area contributed by atoms with Gasteiger partial charge >= 0.3 is 0 Å². The zero-order valence-electron chi connectivity index (χ0n) is 16.6. The number of aromatic nitrogens is 2. The first-order chi connectivity index (χ1) is 15.1. The van der Waals surface area contributed by atoms with Crippen molar-refractivity contribution < 1.29 is 4.92 Å². The maximum absolute atomic E-state index is 13.5. The van der Waals surface area contributed by atoms with Gasteiger partial charge in [0.1, 0.15) is 4.70 Å². The summed E-state index contributed by atoms with van der Waals surface area (Å²) < 4.78 is 2.43. The molecule has 156 valence electrons. The molecule has 2 aromatic carbocycles. The van der Waals surface area contributed by atoms with Crippen LogP contribution in [0.5, 0.6) is 0 Å². The lowest BCUT2D eigenvalue weighted by Gasteiger charge is -2.13. The molecule has 5 rings (SSSR count). The molecule has 0 fully saturated rings. The van der Waals surface area contributed by atoms with E-state index in [0.717, 1.165) is 47.2 Å². The fraction of sp³-hybridized carbons (Fsp3) is 0.217. The van der Waals surface area contributed by atoms with Gasteiger partial charge in [0.25, 0.3) is 11.2 Å². The van der Waals surface area contributed by atoms with Gasteiger partial charge in [-0.05, 0) is 48.9 Å². The van der Waals surface area contributed by atoms with Crippen molar-refractivity contribution in [1.82, 2.24) is 9.55 Å². The Morgan fingerprint density at radius 3 is 2.55 bits per heavy atom. The number of nitrogens with zero attached hydrogens (tertiary/aromatic N) is 3. The first-order valence-electron chi connectivity index (χ1n) is 10.1. The van der Waals surface area contributed by atoms with Crippen molar-refractivity contribution >= 4 is 39.0 Å². The van der Waals surface area contributed by atoms with Gasteiger partial charge in [0, 0.05) is 22.8 Å². The van der Waals surface area contributed by atoms with Crippen molar-refractivity contribution in [2.75, 3.05) is 0 Å². The predicted octanol–water partition coefficient (Wildman–Crippen LogP) is 5.53. The summed E-state index contributed by atoms with van der Waals surface area (Å²) in [5, 5.41) is 11.5. The molecule has 8 heteroatoms. The normalized spacial score (nSPS) is 13.3. The molecule has 31 heavy (non-hydrogen) atoms. The average Bonchev–Trinajstić information content (AvgIpc) is 3.18. The number of hydrogen-bond donors (Lipinski definition) is 0. The Bertz CT molecular complexity index is 1330. The second-order valence-corrected chi connectivity index (χ2v) is 9.52. The summed E-state index contributed by atoms with van der Waals surface area (Å²) in [4.78, 5) is 30.3. The van der Waals surface area contributed by atoms with Gasteiger partial charge in [-0.25, -0.2) is 4.98 Å². The van der Waals surface area contributed by atoms with Crippen LogP contribution in [-0.4, -0.2) is 14.5 Å². The molecule has 0 saturated heterocycles. The Morgan fingerprint density at radius 2 is 1.81 bits per heavy atom. The monoisotopic (exact) mass is 449 g/mol. The summed E-state index contributed by atoms with van der Waals surface area (Å²) in [5.41, 5.74) is 3.86. The molecule has 0 aliphatic heterocycles. The molecule has 0 N–H and O–H groups in total. The number of thioether (sulfide) groups is 1. The maximum Gasteiger partial charge on any atom is 0.276 e. The first-order valence-corrected chi connectivity index (χ1v) is 11.9. The van der Waals surface area contributed by atoms with Crippen LogP contribution >= 0.6 is 23.1 Å². The standard InChI is InChI=1S/C23H19N3O3S2/c27-22-21-20(18-8-4-5-9-19(18)31-21)24-23(25(22)16-6-2-1-3-7-16)30-14-15-10-12-17(13-11-15)26(28)29/h1-3,6-7,10-13H,4-5,8-9,14H2. The highest BCUT2D eigenvalue weighted by molar-refractivity contribution is 7.98. The zero-order valence-corrected chi connectivity index (χ0v) is 18.2. The molecule has 4 aromatic rings. The van der Waals surface area contributed by atoms with E-state index in [0.29, 0.717) is 10.9 Å². The molecule has 1 aliphatic rings. The van der Waals surface area contributed by atoms with E-state index in [1.54, 1.807) is 28.0 Å². The van der Waals surface area contributed by atoms with Crippen molar-refractivity contribution in [2.45, 2.75) is 36.6 Å². The summed E-state index contributed by atoms with van der Waals surface area (Å²) in [6.07, 6.45) is 4.29. The maximum atomic E-state index is 13.5. The molecule has 0 saturated carbocycles. The fourth-order valence-electron chi connectivity index (χ4n) is 3.91. The van der Waals surface area contributed by atoms with Gasteiger partial charge in [0.05, 0.1) is 16.1 Å². The van der Waals surface area contributed by atoms with E-state index in [4.69, 9.17) is 4.98 Å². The summed E-state index contributed by atoms with van der Waals surface area (Å²) >= 11 is 3.07. The van der Waals surface area contributed by atoms with Crippen LogP contribution < -0.4 is 5.56 Å². The highest BCUT2D eigenvalue weighted by Gasteiger charge is 2.22. The number of non-ortho nitro benzene ring substituents is 1. The summed E-state index contributed by atoms with van der Waals surface area (Å²) in [7, 11) is 0. The van der Waals surface area contributed by atoms with Gasteiger partial charge in [0.2, 0.25) is 0 Å². The quantitative estimate of drug-likeness (QED) is 0.173. The second-order valence-electron chi connectivity index (χ2n) is 7.47. The Kier molecular flexibility index (Phi) is 5.33. The lowest BCUT2D eigenvalue weighted by molar-refractivity contribution is -0.384. The minimum Gasteiger partial charge on any atom is -0.267 e. The molecule has 0 radical (unpaired) electrons. The minimum atomic E-state index is -0.404. The first kappa shape index (κ1) is 20.0. The second kappa shape index (κ2) is 8.28. The van der Waals surface area contributed by atoms with Gasteiger partial charge in [-0.1, -0.05) is 42.1 Å². The number of rotatable bonds is 5. The number of hydrogen-bond acceptors (Lipinski definition) is 6. The summed E-state index contributed by atoms with van der Waals surface area (Å²) in [6.45, 7) is 0. The molecule has 0 amide bonds. The fourth-order valence-corrected chi connectivity index (χ4v) is 6.13. The number of nitro benzene ring substituents is 1. The van der Waals surface area contributed by atoms with E-state index in [9.17, 15) is 14.9 Å². The average molecular weight is 450 g/mol. The Morgan fingerprint density at radius 1 is 1.06 bits per heavy atom. The molecule has 6 nitrogen and oxygen atoms in total. The molecular formula is C23H19N3O3S2. The molecule has 0 atom stereocenters. The Balaban J connectivity index is 1.59. The van der Waals surface area contributed by atoms with Crippen LogP contribution in [0.4, 0.5) is 5.69 Å². The van der Waals surface area contributed by atoms with Crippen molar-refractivity contribution in [1.29, 1.82) is 0 Å². The van der Waals surface area contributed by atoms with Crippen LogP contribution in [0.3, 0.4) is 0 Å². The highest BCUT2D eigenvalue weighted by atomic mass is 32.2. The molecule has 0 unspecified atom stereocenters. The van der Waals surface area contributed by atoms with E-state index in [2.05, 4.69) is 0 Å². The Hall–Kier alpha value is -2.97. The summed E-state index contributed by atoms with van der Waals surface area (Å²) in [6, 6.07) is 16.1. The van der Waals surface area contributed by atoms with Crippen LogP contribution in [0.25, 0.3) is 15.9 Å². The number of benzene rings is 2. The lowest BCUT2D eigenvalue weighted by atomic mass is 9.98. The molecule has 2 heterocycles.